The summed E-state index contributed by atoms with van der Waals surface area (Å²) in [7, 11) is 1.38. The van der Waals surface area contributed by atoms with Crippen molar-refractivity contribution in [3.05, 3.63) is 47.6 Å². The Labute approximate surface area is 110 Å². The van der Waals surface area contributed by atoms with Gasteiger partial charge in [0.15, 0.2) is 0 Å². The number of hydrogen-bond donors (Lipinski definition) is 0. The highest BCUT2D eigenvalue weighted by Crippen LogP contribution is 2.31. The number of carbonyl (C=O) groups is 1. The molecule has 0 aliphatic rings. The maximum Gasteiger partial charge on any atom is 0.330 e. The van der Waals surface area contributed by atoms with E-state index in [9.17, 15) is 4.79 Å². The van der Waals surface area contributed by atoms with Gasteiger partial charge in [0.25, 0.3) is 0 Å². The van der Waals surface area contributed by atoms with Gasteiger partial charge in [0.1, 0.15) is 0 Å². The molecule has 0 fully saturated rings. The van der Waals surface area contributed by atoms with E-state index in [-0.39, 0.29) is 5.97 Å². The molecule has 0 amide bonds. The maximum absolute atomic E-state index is 11.2. The number of methoxy groups -OCH3 is 1. The smallest absolute Gasteiger partial charge is 0.330 e. The standard InChI is InChI=1S/C14H13NO2S/c1-10(8-14(16)17-2)12-5-6-13(18-12)11-4-3-7-15-9-11/h3-9H,1-2H3/b10-8+. The number of ether oxygens (including phenoxy) is 1. The average molecular weight is 259 g/mol. The van der Waals surface area contributed by atoms with Gasteiger partial charge in [-0.3, -0.25) is 4.98 Å². The SMILES string of the molecule is COC(=O)/C=C(\C)c1ccc(-c2cccnc2)s1. The van der Waals surface area contributed by atoms with Gasteiger partial charge in [-0.2, -0.15) is 0 Å². The molecule has 18 heavy (non-hydrogen) atoms. The van der Waals surface area contributed by atoms with E-state index in [2.05, 4.69) is 9.72 Å². The highest BCUT2D eigenvalue weighted by Gasteiger charge is 2.05. The van der Waals surface area contributed by atoms with Crippen LogP contribution >= 0.6 is 11.3 Å². The number of thiophene rings is 1. The highest BCUT2D eigenvalue weighted by molar-refractivity contribution is 7.16. The van der Waals surface area contributed by atoms with E-state index in [0.29, 0.717) is 0 Å². The molecule has 0 saturated carbocycles. The Morgan fingerprint density at radius 2 is 2.22 bits per heavy atom. The number of rotatable bonds is 3. The quantitative estimate of drug-likeness (QED) is 0.626. The van der Waals surface area contributed by atoms with Gasteiger partial charge in [-0.25, -0.2) is 4.79 Å². The van der Waals surface area contributed by atoms with E-state index >= 15 is 0 Å². The van der Waals surface area contributed by atoms with Crippen LogP contribution in [0.1, 0.15) is 11.8 Å². The lowest BCUT2D eigenvalue weighted by Crippen LogP contribution is -1.94. The largest absolute Gasteiger partial charge is 0.466 e. The van der Waals surface area contributed by atoms with Gasteiger partial charge >= 0.3 is 5.97 Å². The summed E-state index contributed by atoms with van der Waals surface area (Å²) < 4.78 is 4.61. The van der Waals surface area contributed by atoms with Crippen molar-refractivity contribution in [2.24, 2.45) is 0 Å². The van der Waals surface area contributed by atoms with Crippen LogP contribution in [0, 0.1) is 0 Å². The number of aromatic nitrogens is 1. The molecule has 2 aromatic rings. The Kier molecular flexibility index (Phi) is 3.89. The van der Waals surface area contributed by atoms with Crippen LogP contribution in [0.4, 0.5) is 0 Å². The molecule has 0 atom stereocenters. The first-order chi connectivity index (χ1) is 8.70. The van der Waals surface area contributed by atoms with Gasteiger partial charge in [-0.1, -0.05) is 6.07 Å². The van der Waals surface area contributed by atoms with E-state index in [0.717, 1.165) is 20.9 Å². The van der Waals surface area contributed by atoms with Crippen molar-refractivity contribution in [2.45, 2.75) is 6.92 Å². The zero-order valence-corrected chi connectivity index (χ0v) is 11.0. The summed E-state index contributed by atoms with van der Waals surface area (Å²) in [6.07, 6.45) is 5.08. The molecule has 0 aliphatic heterocycles. The first-order valence-corrected chi connectivity index (χ1v) is 6.29. The van der Waals surface area contributed by atoms with Gasteiger partial charge in [0.05, 0.1) is 7.11 Å². The van der Waals surface area contributed by atoms with Gasteiger partial charge in [-0.15, -0.1) is 11.3 Å². The van der Waals surface area contributed by atoms with Crippen molar-refractivity contribution in [3.8, 4) is 10.4 Å². The summed E-state index contributed by atoms with van der Waals surface area (Å²) in [5.74, 6) is -0.330. The van der Waals surface area contributed by atoms with Crippen LogP contribution in [0.5, 0.6) is 0 Å². The summed E-state index contributed by atoms with van der Waals surface area (Å²) in [5, 5.41) is 0. The van der Waals surface area contributed by atoms with Crippen molar-refractivity contribution in [3.63, 3.8) is 0 Å². The van der Waals surface area contributed by atoms with Gasteiger partial charge < -0.3 is 4.74 Å². The number of esters is 1. The fourth-order valence-electron chi connectivity index (χ4n) is 1.52. The summed E-state index contributed by atoms with van der Waals surface area (Å²) >= 11 is 1.63. The Hall–Kier alpha value is -1.94. The molecule has 92 valence electrons. The summed E-state index contributed by atoms with van der Waals surface area (Å²) in [6, 6.07) is 7.96. The van der Waals surface area contributed by atoms with Crippen LogP contribution in [-0.2, 0) is 9.53 Å². The molecular weight excluding hydrogens is 246 g/mol. The summed E-state index contributed by atoms with van der Waals surface area (Å²) in [5.41, 5.74) is 1.99. The lowest BCUT2D eigenvalue weighted by Gasteiger charge is -1.97. The van der Waals surface area contributed by atoms with E-state index in [1.54, 1.807) is 17.5 Å². The third-order valence-electron chi connectivity index (χ3n) is 2.48. The number of carbonyl (C=O) groups excluding carboxylic acids is 1. The van der Waals surface area contributed by atoms with E-state index < -0.39 is 0 Å². The predicted molar refractivity (Wildman–Crippen MR) is 73.2 cm³/mol. The molecule has 0 aromatic carbocycles. The van der Waals surface area contributed by atoms with E-state index in [4.69, 9.17) is 0 Å². The molecule has 4 heteroatoms. The van der Waals surface area contributed by atoms with Crippen LogP contribution < -0.4 is 0 Å². The molecular formula is C14H13NO2S. The fourth-order valence-corrected chi connectivity index (χ4v) is 2.49. The average Bonchev–Trinajstić information content (AvgIpc) is 2.89. The zero-order chi connectivity index (χ0) is 13.0. The lowest BCUT2D eigenvalue weighted by atomic mass is 10.2. The second kappa shape index (κ2) is 5.60. The Balaban J connectivity index is 2.26. The second-order valence-corrected chi connectivity index (χ2v) is 4.84. The lowest BCUT2D eigenvalue weighted by molar-refractivity contribution is -0.134. The Morgan fingerprint density at radius 3 is 2.89 bits per heavy atom. The van der Waals surface area contributed by atoms with Gasteiger partial charge in [0.2, 0.25) is 0 Å². The number of allylic oxidation sites excluding steroid dienone is 1. The minimum Gasteiger partial charge on any atom is -0.466 e. The minimum absolute atomic E-state index is 0.330. The molecule has 2 rings (SSSR count). The first-order valence-electron chi connectivity index (χ1n) is 5.47. The van der Waals surface area contributed by atoms with Crippen molar-refractivity contribution in [1.82, 2.24) is 4.98 Å². The molecule has 2 aromatic heterocycles. The first kappa shape index (κ1) is 12.5. The topological polar surface area (TPSA) is 39.2 Å². The molecule has 0 spiro atoms. The maximum atomic E-state index is 11.2. The fraction of sp³-hybridized carbons (Fsp3) is 0.143. The van der Waals surface area contributed by atoms with Crippen LogP contribution in [-0.4, -0.2) is 18.1 Å². The van der Waals surface area contributed by atoms with Crippen molar-refractivity contribution < 1.29 is 9.53 Å². The minimum atomic E-state index is -0.330. The van der Waals surface area contributed by atoms with Crippen molar-refractivity contribution >= 4 is 22.9 Å². The van der Waals surface area contributed by atoms with Gasteiger partial charge in [-0.05, 0) is 30.7 Å². The molecule has 2 heterocycles. The molecule has 0 bridgehead atoms. The third kappa shape index (κ3) is 2.84. The number of hydrogen-bond acceptors (Lipinski definition) is 4. The van der Waals surface area contributed by atoms with E-state index in [1.165, 1.54) is 13.2 Å². The third-order valence-corrected chi connectivity index (χ3v) is 3.75. The second-order valence-electron chi connectivity index (χ2n) is 3.76. The Bertz CT molecular complexity index is 572. The molecule has 3 nitrogen and oxygen atoms in total. The summed E-state index contributed by atoms with van der Waals surface area (Å²) in [4.78, 5) is 17.5. The zero-order valence-electron chi connectivity index (χ0n) is 10.2. The molecule has 0 aliphatic carbocycles. The molecule has 0 unspecified atom stereocenters. The molecule has 0 N–H and O–H groups in total. The van der Waals surface area contributed by atoms with Crippen molar-refractivity contribution in [2.75, 3.05) is 7.11 Å². The highest BCUT2D eigenvalue weighted by atomic mass is 32.1. The van der Waals surface area contributed by atoms with Crippen LogP contribution in [0.3, 0.4) is 0 Å². The summed E-state index contributed by atoms with van der Waals surface area (Å²) in [6.45, 7) is 1.90. The predicted octanol–water partition coefficient (Wildman–Crippen LogP) is 3.39. The number of pyridine rings is 1. The van der Waals surface area contributed by atoms with Crippen LogP contribution in [0.15, 0.2) is 42.7 Å². The van der Waals surface area contributed by atoms with Crippen LogP contribution in [0.2, 0.25) is 0 Å². The van der Waals surface area contributed by atoms with Crippen LogP contribution in [0.25, 0.3) is 16.0 Å². The van der Waals surface area contributed by atoms with E-state index in [1.807, 2.05) is 37.4 Å². The van der Waals surface area contributed by atoms with Gasteiger partial charge in [0, 0.05) is 33.8 Å². The molecule has 0 saturated heterocycles. The monoisotopic (exact) mass is 259 g/mol. The normalized spacial score (nSPS) is 11.3. The number of nitrogens with zero attached hydrogens (tertiary/aromatic N) is 1. The Morgan fingerprint density at radius 1 is 1.39 bits per heavy atom. The van der Waals surface area contributed by atoms with Crippen molar-refractivity contribution in [1.29, 1.82) is 0 Å². The molecule has 0 radical (unpaired) electrons.